The summed E-state index contributed by atoms with van der Waals surface area (Å²) >= 11 is 0. The Morgan fingerprint density at radius 1 is 0.333 bits per heavy atom. The van der Waals surface area contributed by atoms with Gasteiger partial charge in [0.15, 0.2) is 0 Å². The van der Waals surface area contributed by atoms with E-state index in [0.29, 0.717) is 19.4 Å². The molecular formula is C61H104O5. The minimum absolute atomic E-state index is 0.131. The van der Waals surface area contributed by atoms with Crippen molar-refractivity contribution in [3.63, 3.8) is 0 Å². The molecule has 0 bridgehead atoms. The highest BCUT2D eigenvalue weighted by Crippen LogP contribution is 2.15. The van der Waals surface area contributed by atoms with E-state index in [1.165, 1.54) is 103 Å². The second-order valence-electron chi connectivity index (χ2n) is 18.1. The maximum Gasteiger partial charge on any atom is 0.305 e. The van der Waals surface area contributed by atoms with Crippen molar-refractivity contribution in [2.75, 3.05) is 19.8 Å². The Hall–Kier alpha value is -3.18. The van der Waals surface area contributed by atoms with Gasteiger partial charge in [-0.15, -0.1) is 0 Å². The van der Waals surface area contributed by atoms with Crippen LogP contribution in [0.2, 0.25) is 0 Å². The zero-order valence-corrected chi connectivity index (χ0v) is 43.4. The lowest BCUT2D eigenvalue weighted by molar-refractivity contribution is -0.155. The van der Waals surface area contributed by atoms with E-state index >= 15 is 0 Å². The van der Waals surface area contributed by atoms with Gasteiger partial charge in [-0.25, -0.2) is 0 Å². The SMILES string of the molecule is CC/C=C\C/C=C\C/C=C\C/C=C\C/C=C\CCCCCC(=O)OC[C@H](COC(=O)CCCCCCC/C=C\C/C=C\C/C=C\CC)OCCCCCCCCCCCCCCCCCC. The van der Waals surface area contributed by atoms with Crippen LogP contribution >= 0.6 is 0 Å². The second kappa shape index (κ2) is 56.1. The van der Waals surface area contributed by atoms with Gasteiger partial charge in [0.2, 0.25) is 0 Å². The van der Waals surface area contributed by atoms with Crippen LogP contribution in [0, 0.1) is 0 Å². The molecule has 0 aliphatic heterocycles. The van der Waals surface area contributed by atoms with Gasteiger partial charge in [0.25, 0.3) is 0 Å². The summed E-state index contributed by atoms with van der Waals surface area (Å²) in [5, 5.41) is 0. The first-order valence-electron chi connectivity index (χ1n) is 27.8. The molecule has 66 heavy (non-hydrogen) atoms. The average molecular weight is 917 g/mol. The summed E-state index contributed by atoms with van der Waals surface area (Å²) < 4.78 is 17.5. The van der Waals surface area contributed by atoms with Gasteiger partial charge in [0.05, 0.1) is 0 Å². The molecule has 0 aromatic rings. The molecule has 0 aromatic heterocycles. The fourth-order valence-corrected chi connectivity index (χ4v) is 7.53. The number of carbonyl (C=O) groups excluding carboxylic acids is 2. The Labute approximate surface area is 409 Å². The Balaban J connectivity index is 4.35. The van der Waals surface area contributed by atoms with Gasteiger partial charge in [0, 0.05) is 19.4 Å². The molecule has 0 heterocycles. The van der Waals surface area contributed by atoms with Crippen LogP contribution in [-0.4, -0.2) is 37.9 Å². The van der Waals surface area contributed by atoms with Crippen molar-refractivity contribution in [2.24, 2.45) is 0 Å². The van der Waals surface area contributed by atoms with E-state index < -0.39 is 6.10 Å². The Kier molecular flexibility index (Phi) is 53.4. The molecule has 0 amide bonds. The maximum absolute atomic E-state index is 12.6. The Morgan fingerprint density at radius 2 is 0.621 bits per heavy atom. The largest absolute Gasteiger partial charge is 0.463 e. The molecule has 0 saturated carbocycles. The van der Waals surface area contributed by atoms with Crippen LogP contribution in [0.25, 0.3) is 0 Å². The lowest BCUT2D eigenvalue weighted by Gasteiger charge is -2.18. The minimum atomic E-state index is -0.425. The molecule has 1 atom stereocenters. The summed E-state index contributed by atoms with van der Waals surface area (Å²) in [6.07, 6.45) is 75.9. The van der Waals surface area contributed by atoms with Crippen molar-refractivity contribution < 1.29 is 23.8 Å². The minimum Gasteiger partial charge on any atom is -0.463 e. The number of esters is 2. The van der Waals surface area contributed by atoms with E-state index in [1.54, 1.807) is 0 Å². The Bertz CT molecular complexity index is 1270. The van der Waals surface area contributed by atoms with Crippen LogP contribution in [0.1, 0.15) is 252 Å². The fraction of sp³-hybridized carbons (Fsp3) is 0.705. The van der Waals surface area contributed by atoms with Crippen LogP contribution in [0.15, 0.2) is 97.2 Å². The zero-order valence-electron chi connectivity index (χ0n) is 43.4. The van der Waals surface area contributed by atoms with Gasteiger partial charge < -0.3 is 14.2 Å². The van der Waals surface area contributed by atoms with Crippen LogP contribution in [-0.2, 0) is 23.8 Å². The fourth-order valence-electron chi connectivity index (χ4n) is 7.53. The quantitative estimate of drug-likeness (QED) is 0.0346. The van der Waals surface area contributed by atoms with Gasteiger partial charge in [0.1, 0.15) is 19.3 Å². The monoisotopic (exact) mass is 917 g/mol. The summed E-state index contributed by atoms with van der Waals surface area (Å²) in [5.41, 5.74) is 0. The molecule has 0 aliphatic rings. The molecule has 0 aromatic carbocycles. The van der Waals surface area contributed by atoms with E-state index in [9.17, 15) is 9.59 Å². The summed E-state index contributed by atoms with van der Waals surface area (Å²) in [6, 6.07) is 0. The molecule has 0 unspecified atom stereocenters. The third kappa shape index (κ3) is 53.4. The first-order valence-corrected chi connectivity index (χ1v) is 27.8. The number of ether oxygens (including phenoxy) is 3. The average Bonchev–Trinajstić information content (AvgIpc) is 3.32. The number of unbranched alkanes of at least 4 members (excludes halogenated alkanes) is 23. The first kappa shape index (κ1) is 62.8. The lowest BCUT2D eigenvalue weighted by atomic mass is 10.0. The highest BCUT2D eigenvalue weighted by molar-refractivity contribution is 5.69. The number of rotatable bonds is 50. The normalized spacial score (nSPS) is 13.0. The molecule has 5 heteroatoms. The number of carbonyl (C=O) groups is 2. The van der Waals surface area contributed by atoms with Crippen LogP contribution < -0.4 is 0 Å². The van der Waals surface area contributed by atoms with Crippen LogP contribution in [0.4, 0.5) is 0 Å². The summed E-state index contributed by atoms with van der Waals surface area (Å²) in [4.78, 5) is 25.3. The highest BCUT2D eigenvalue weighted by atomic mass is 16.6. The van der Waals surface area contributed by atoms with Gasteiger partial charge in [-0.3, -0.25) is 9.59 Å². The molecule has 0 rings (SSSR count). The number of hydrogen-bond acceptors (Lipinski definition) is 5. The molecule has 0 fully saturated rings. The van der Waals surface area contributed by atoms with Crippen molar-refractivity contribution in [3.05, 3.63) is 97.2 Å². The maximum atomic E-state index is 12.6. The third-order valence-electron chi connectivity index (χ3n) is 11.7. The van der Waals surface area contributed by atoms with Crippen molar-refractivity contribution >= 4 is 11.9 Å². The van der Waals surface area contributed by atoms with Gasteiger partial charge in [-0.2, -0.15) is 0 Å². The van der Waals surface area contributed by atoms with Crippen LogP contribution in [0.3, 0.4) is 0 Å². The van der Waals surface area contributed by atoms with Crippen molar-refractivity contribution in [1.29, 1.82) is 0 Å². The van der Waals surface area contributed by atoms with E-state index in [2.05, 4.69) is 118 Å². The smallest absolute Gasteiger partial charge is 0.305 e. The first-order chi connectivity index (χ1) is 32.6. The molecule has 5 nitrogen and oxygen atoms in total. The topological polar surface area (TPSA) is 61.8 Å². The van der Waals surface area contributed by atoms with Crippen LogP contribution in [0.5, 0.6) is 0 Å². The van der Waals surface area contributed by atoms with Gasteiger partial charge in [-0.05, 0) is 96.3 Å². The second-order valence-corrected chi connectivity index (χ2v) is 18.1. The standard InChI is InChI=1S/C61H104O5/c1-4-7-10-13-16-19-22-25-28-30-31-32-34-37-40-43-46-49-52-55-61(63)66-58-59(64-56-53-50-47-44-41-38-35-29-26-23-20-17-14-11-8-5-2)57-65-60(62)54-51-48-45-42-39-36-33-27-24-21-18-15-12-9-6-3/h7,9-10,12,16,18-19,21,25,27-28,31-33,37,40,59H,4-6,8,11,13-15,17,20,22-24,26,29-30,34-36,38-39,41-58H2,1-3H3/b10-7-,12-9-,19-16-,21-18-,28-25-,32-31-,33-27-,40-37-/t59-/m0/s1. The van der Waals surface area contributed by atoms with Crippen molar-refractivity contribution in [1.82, 2.24) is 0 Å². The Morgan fingerprint density at radius 3 is 0.985 bits per heavy atom. The third-order valence-corrected chi connectivity index (χ3v) is 11.7. The lowest BCUT2D eigenvalue weighted by Crippen LogP contribution is -2.29. The molecule has 0 N–H and O–H groups in total. The molecule has 0 saturated heterocycles. The molecule has 378 valence electrons. The van der Waals surface area contributed by atoms with E-state index in [0.717, 1.165) is 116 Å². The van der Waals surface area contributed by atoms with E-state index in [4.69, 9.17) is 14.2 Å². The molecule has 0 aliphatic carbocycles. The summed E-state index contributed by atoms with van der Waals surface area (Å²) in [5.74, 6) is -0.388. The van der Waals surface area contributed by atoms with Crippen molar-refractivity contribution in [3.8, 4) is 0 Å². The molecular weight excluding hydrogens is 813 g/mol. The van der Waals surface area contributed by atoms with Crippen molar-refractivity contribution in [2.45, 2.75) is 258 Å². The molecule has 0 radical (unpaired) electrons. The zero-order chi connectivity index (χ0) is 47.7. The number of hydrogen-bond donors (Lipinski definition) is 0. The molecule has 0 spiro atoms. The van der Waals surface area contributed by atoms with E-state index in [-0.39, 0.29) is 25.2 Å². The van der Waals surface area contributed by atoms with Gasteiger partial charge in [-0.1, -0.05) is 240 Å². The summed E-state index contributed by atoms with van der Waals surface area (Å²) in [7, 11) is 0. The summed E-state index contributed by atoms with van der Waals surface area (Å²) in [6.45, 7) is 7.46. The predicted octanol–water partition coefficient (Wildman–Crippen LogP) is 19.0. The highest BCUT2D eigenvalue weighted by Gasteiger charge is 2.16. The predicted molar refractivity (Wildman–Crippen MR) is 288 cm³/mol. The number of allylic oxidation sites excluding steroid dienone is 16. The van der Waals surface area contributed by atoms with E-state index in [1.807, 2.05) is 0 Å². The van der Waals surface area contributed by atoms with Gasteiger partial charge >= 0.3 is 11.9 Å².